The summed E-state index contributed by atoms with van der Waals surface area (Å²) in [6.07, 6.45) is 0. The molecule has 2 heterocycles. The molecule has 8 heteroatoms. The maximum atomic E-state index is 6.13. The zero-order chi connectivity index (χ0) is 18.2. The van der Waals surface area contributed by atoms with E-state index in [4.69, 9.17) is 10.3 Å². The van der Waals surface area contributed by atoms with Gasteiger partial charge in [0.2, 0.25) is 16.9 Å². The van der Waals surface area contributed by atoms with Crippen molar-refractivity contribution in [3.8, 4) is 11.5 Å². The first-order valence-electron chi connectivity index (χ1n) is 8.04. The predicted molar refractivity (Wildman–Crippen MR) is 97.6 cm³/mol. The minimum absolute atomic E-state index is 0.0917. The highest BCUT2D eigenvalue weighted by Gasteiger charge is 2.25. The Morgan fingerprint density at radius 2 is 1.76 bits per heavy atom. The molecule has 0 aliphatic heterocycles. The van der Waals surface area contributed by atoms with Gasteiger partial charge in [-0.2, -0.15) is 0 Å². The van der Waals surface area contributed by atoms with E-state index in [0.717, 1.165) is 11.4 Å². The molecule has 0 fully saturated rings. The highest BCUT2D eigenvalue weighted by molar-refractivity contribution is 7.99. The van der Waals surface area contributed by atoms with Crippen LogP contribution in [0.15, 0.2) is 33.8 Å². The Hall–Kier alpha value is -2.35. The number of hydrogen-bond donors (Lipinski definition) is 1. The van der Waals surface area contributed by atoms with Gasteiger partial charge in [-0.1, -0.05) is 50.2 Å². The second kappa shape index (κ2) is 6.51. The van der Waals surface area contributed by atoms with E-state index < -0.39 is 0 Å². The Balaban J connectivity index is 1.77. The Morgan fingerprint density at radius 3 is 2.36 bits per heavy atom. The SMILES string of the molecule is Cc1ccc(-c2nnc(C(C)Sc3nnc(C(C)(C)C)n3N)o2)cc1. The lowest BCUT2D eigenvalue weighted by Gasteiger charge is -2.16. The van der Waals surface area contributed by atoms with E-state index in [0.29, 0.717) is 16.9 Å². The van der Waals surface area contributed by atoms with Crippen LogP contribution in [0.25, 0.3) is 11.5 Å². The van der Waals surface area contributed by atoms with Crippen LogP contribution in [0, 0.1) is 6.92 Å². The Bertz CT molecular complexity index is 862. The normalized spacial score (nSPS) is 13.2. The number of nitrogens with zero attached hydrogens (tertiary/aromatic N) is 5. The van der Waals surface area contributed by atoms with Crippen molar-refractivity contribution in [2.24, 2.45) is 0 Å². The van der Waals surface area contributed by atoms with Gasteiger partial charge in [-0.05, 0) is 26.0 Å². The van der Waals surface area contributed by atoms with E-state index in [1.165, 1.54) is 22.0 Å². The molecular formula is C17H22N6OS. The van der Waals surface area contributed by atoms with Gasteiger partial charge in [0.15, 0.2) is 5.82 Å². The Kier molecular flexibility index (Phi) is 4.55. The quantitative estimate of drug-likeness (QED) is 0.563. The summed E-state index contributed by atoms with van der Waals surface area (Å²) in [5.41, 5.74) is 1.91. The first-order valence-corrected chi connectivity index (χ1v) is 8.91. The third-order valence-electron chi connectivity index (χ3n) is 3.70. The molecule has 0 radical (unpaired) electrons. The van der Waals surface area contributed by atoms with Crippen LogP contribution in [-0.2, 0) is 5.41 Å². The van der Waals surface area contributed by atoms with E-state index in [-0.39, 0.29) is 10.7 Å². The van der Waals surface area contributed by atoms with Crippen LogP contribution in [0.4, 0.5) is 0 Å². The second-order valence-electron chi connectivity index (χ2n) is 7.00. The van der Waals surface area contributed by atoms with Crippen molar-refractivity contribution in [2.45, 2.75) is 50.4 Å². The lowest BCUT2D eigenvalue weighted by Crippen LogP contribution is -2.24. The fraction of sp³-hybridized carbons (Fsp3) is 0.412. The van der Waals surface area contributed by atoms with Crippen molar-refractivity contribution in [1.29, 1.82) is 0 Å². The number of thioether (sulfide) groups is 1. The minimum Gasteiger partial charge on any atom is -0.419 e. The van der Waals surface area contributed by atoms with Gasteiger partial charge >= 0.3 is 0 Å². The number of aromatic nitrogens is 5. The van der Waals surface area contributed by atoms with Crippen molar-refractivity contribution in [3.63, 3.8) is 0 Å². The van der Waals surface area contributed by atoms with Gasteiger partial charge in [0.25, 0.3) is 0 Å². The number of aryl methyl sites for hydroxylation is 1. The minimum atomic E-state index is -0.174. The average molecular weight is 358 g/mol. The molecule has 1 unspecified atom stereocenters. The third kappa shape index (κ3) is 3.68. The van der Waals surface area contributed by atoms with Crippen LogP contribution >= 0.6 is 11.8 Å². The van der Waals surface area contributed by atoms with Gasteiger partial charge in [-0.3, -0.25) is 0 Å². The number of nitrogens with two attached hydrogens (primary N) is 1. The number of benzene rings is 1. The maximum Gasteiger partial charge on any atom is 0.247 e. The highest BCUT2D eigenvalue weighted by atomic mass is 32.2. The highest BCUT2D eigenvalue weighted by Crippen LogP contribution is 2.34. The molecule has 25 heavy (non-hydrogen) atoms. The van der Waals surface area contributed by atoms with Crippen molar-refractivity contribution in [3.05, 3.63) is 41.5 Å². The van der Waals surface area contributed by atoms with Crippen molar-refractivity contribution < 1.29 is 4.42 Å². The molecule has 2 N–H and O–H groups in total. The van der Waals surface area contributed by atoms with Crippen molar-refractivity contribution >= 4 is 11.8 Å². The molecule has 0 spiro atoms. The van der Waals surface area contributed by atoms with Crippen LogP contribution in [0.1, 0.15) is 50.2 Å². The molecule has 3 rings (SSSR count). The summed E-state index contributed by atoms with van der Waals surface area (Å²) in [7, 11) is 0. The molecule has 2 aromatic heterocycles. The summed E-state index contributed by atoms with van der Waals surface area (Å²) < 4.78 is 7.34. The third-order valence-corrected chi connectivity index (χ3v) is 4.75. The first-order chi connectivity index (χ1) is 11.8. The summed E-state index contributed by atoms with van der Waals surface area (Å²) in [4.78, 5) is 0. The fourth-order valence-corrected chi connectivity index (χ4v) is 3.09. The molecule has 3 aromatic rings. The van der Waals surface area contributed by atoms with Gasteiger partial charge in [0.05, 0.1) is 5.25 Å². The Morgan fingerprint density at radius 1 is 1.08 bits per heavy atom. The average Bonchev–Trinajstić information content (AvgIpc) is 3.15. The summed E-state index contributed by atoms with van der Waals surface area (Å²) in [6, 6.07) is 7.97. The zero-order valence-electron chi connectivity index (χ0n) is 15.0. The molecule has 132 valence electrons. The molecule has 1 atom stereocenters. The Labute approximate surface area is 151 Å². The first kappa shape index (κ1) is 17.5. The lowest BCUT2D eigenvalue weighted by molar-refractivity contribution is 0.508. The molecule has 0 saturated carbocycles. The number of rotatable bonds is 4. The molecule has 0 aliphatic rings. The van der Waals surface area contributed by atoms with Crippen LogP contribution < -0.4 is 5.84 Å². The van der Waals surface area contributed by atoms with Gasteiger partial charge < -0.3 is 10.3 Å². The van der Waals surface area contributed by atoms with Gasteiger partial charge in [-0.25, -0.2) is 4.68 Å². The van der Waals surface area contributed by atoms with E-state index in [1.54, 1.807) is 0 Å². The predicted octanol–water partition coefficient (Wildman–Crippen LogP) is 3.50. The van der Waals surface area contributed by atoms with E-state index in [9.17, 15) is 0 Å². The van der Waals surface area contributed by atoms with Crippen molar-refractivity contribution in [2.75, 3.05) is 5.84 Å². The molecule has 0 aliphatic carbocycles. The lowest BCUT2D eigenvalue weighted by atomic mass is 9.96. The molecule has 1 aromatic carbocycles. The molecule has 7 nitrogen and oxygen atoms in total. The van der Waals surface area contributed by atoms with E-state index >= 15 is 0 Å². The molecule has 0 bridgehead atoms. The van der Waals surface area contributed by atoms with Crippen LogP contribution in [0.2, 0.25) is 0 Å². The van der Waals surface area contributed by atoms with Gasteiger partial charge in [0, 0.05) is 11.0 Å². The topological polar surface area (TPSA) is 95.7 Å². The smallest absolute Gasteiger partial charge is 0.247 e. The zero-order valence-corrected chi connectivity index (χ0v) is 15.8. The summed E-state index contributed by atoms with van der Waals surface area (Å²) in [5, 5.41) is 17.2. The molecule has 0 saturated heterocycles. The largest absolute Gasteiger partial charge is 0.419 e. The standard InChI is InChI=1S/C17H22N6OS/c1-10-6-8-12(9-7-10)14-20-19-13(24-14)11(2)25-16-22-21-15(23(16)18)17(3,4)5/h6-9,11H,18H2,1-5H3. The number of nitrogen functional groups attached to an aromatic ring is 1. The second-order valence-corrected chi connectivity index (χ2v) is 8.31. The maximum absolute atomic E-state index is 6.13. The van der Waals surface area contributed by atoms with Crippen LogP contribution in [0.3, 0.4) is 0 Å². The molecular weight excluding hydrogens is 336 g/mol. The number of hydrogen-bond acceptors (Lipinski definition) is 7. The van der Waals surface area contributed by atoms with E-state index in [2.05, 4.69) is 20.4 Å². The van der Waals surface area contributed by atoms with Gasteiger partial charge in [0.1, 0.15) is 0 Å². The van der Waals surface area contributed by atoms with Crippen molar-refractivity contribution in [1.82, 2.24) is 25.1 Å². The fourth-order valence-electron chi connectivity index (χ4n) is 2.29. The van der Waals surface area contributed by atoms with Gasteiger partial charge in [-0.15, -0.1) is 20.4 Å². The summed E-state index contributed by atoms with van der Waals surface area (Å²) >= 11 is 1.44. The summed E-state index contributed by atoms with van der Waals surface area (Å²) in [6.45, 7) is 10.2. The molecule has 0 amide bonds. The van der Waals surface area contributed by atoms with Crippen LogP contribution in [-0.4, -0.2) is 25.1 Å². The van der Waals surface area contributed by atoms with E-state index in [1.807, 2.05) is 58.9 Å². The monoisotopic (exact) mass is 358 g/mol. The van der Waals surface area contributed by atoms with Crippen LogP contribution in [0.5, 0.6) is 0 Å². The summed E-state index contributed by atoms with van der Waals surface area (Å²) in [5.74, 6) is 7.90.